The molecule has 1 aliphatic rings. The number of nitrogens with one attached hydrogen (secondary N) is 3. The summed E-state index contributed by atoms with van der Waals surface area (Å²) in [6.45, 7) is 8.46. The van der Waals surface area contributed by atoms with Crippen molar-refractivity contribution in [1.82, 2.24) is 14.9 Å². The molecule has 31 heavy (non-hydrogen) atoms. The van der Waals surface area contributed by atoms with E-state index in [0.29, 0.717) is 18.6 Å². The molecular formula is C24H28N6O. The van der Waals surface area contributed by atoms with Crippen molar-refractivity contribution in [2.24, 2.45) is 0 Å². The average molecular weight is 417 g/mol. The van der Waals surface area contributed by atoms with Crippen molar-refractivity contribution >= 4 is 22.7 Å². The maximum atomic E-state index is 10.0. The highest BCUT2D eigenvalue weighted by molar-refractivity contribution is 5.83. The lowest BCUT2D eigenvalue weighted by molar-refractivity contribution is 0.340. The first kappa shape index (κ1) is 20.8. The third-order valence-electron chi connectivity index (χ3n) is 5.48. The second kappa shape index (κ2) is 9.54. The van der Waals surface area contributed by atoms with Gasteiger partial charge >= 0.3 is 0 Å². The monoisotopic (exact) mass is 416 g/mol. The van der Waals surface area contributed by atoms with Crippen LogP contribution in [0, 0.1) is 11.3 Å². The molecule has 0 unspecified atom stereocenters. The van der Waals surface area contributed by atoms with Crippen molar-refractivity contribution in [2.75, 3.05) is 30.3 Å². The van der Waals surface area contributed by atoms with E-state index in [4.69, 9.17) is 4.74 Å². The molecule has 0 amide bonds. The quantitative estimate of drug-likeness (QED) is 0.476. The minimum Gasteiger partial charge on any atom is -0.494 e. The summed E-state index contributed by atoms with van der Waals surface area (Å²) in [5.41, 5.74) is 4.13. The number of hydrogen-bond acceptors (Lipinski definition) is 6. The molecule has 1 aromatic carbocycles. The van der Waals surface area contributed by atoms with E-state index >= 15 is 0 Å². The summed E-state index contributed by atoms with van der Waals surface area (Å²) in [5, 5.41) is 25.1. The Kier molecular flexibility index (Phi) is 6.39. The summed E-state index contributed by atoms with van der Waals surface area (Å²) in [6.07, 6.45) is 6.37. The Labute approximate surface area is 182 Å². The van der Waals surface area contributed by atoms with E-state index in [1.165, 1.54) is 0 Å². The van der Waals surface area contributed by atoms with E-state index in [-0.39, 0.29) is 6.04 Å². The molecule has 1 saturated heterocycles. The summed E-state index contributed by atoms with van der Waals surface area (Å²) in [7, 11) is 0. The van der Waals surface area contributed by atoms with Crippen LogP contribution < -0.4 is 20.7 Å². The molecule has 3 heterocycles. The number of fused-ring (bicyclic) bond motifs is 1. The van der Waals surface area contributed by atoms with Crippen LogP contribution in [-0.2, 0) is 6.42 Å². The Bertz CT molecular complexity index is 1090. The molecule has 4 rings (SSSR count). The van der Waals surface area contributed by atoms with E-state index < -0.39 is 0 Å². The Balaban J connectivity index is 1.80. The highest BCUT2D eigenvalue weighted by Crippen LogP contribution is 2.35. The molecule has 3 N–H and O–H groups in total. The Morgan fingerprint density at radius 1 is 1.35 bits per heavy atom. The predicted molar refractivity (Wildman–Crippen MR) is 124 cm³/mol. The van der Waals surface area contributed by atoms with Gasteiger partial charge in [-0.25, -0.2) is 4.52 Å². The fourth-order valence-corrected chi connectivity index (χ4v) is 4.06. The van der Waals surface area contributed by atoms with Gasteiger partial charge < -0.3 is 20.7 Å². The third kappa shape index (κ3) is 4.35. The number of benzene rings is 1. The lowest BCUT2D eigenvalue weighted by Gasteiger charge is -2.28. The number of rotatable bonds is 8. The number of piperidine rings is 1. The lowest BCUT2D eigenvalue weighted by atomic mass is 10.0. The zero-order valence-corrected chi connectivity index (χ0v) is 17.8. The molecule has 3 aromatic rings. The molecule has 1 atom stereocenters. The molecule has 0 bridgehead atoms. The van der Waals surface area contributed by atoms with Gasteiger partial charge in [0.2, 0.25) is 0 Å². The number of allylic oxidation sites excluding steroid dienone is 1. The minimum atomic E-state index is 0.271. The minimum absolute atomic E-state index is 0.271. The van der Waals surface area contributed by atoms with Crippen LogP contribution in [0.15, 0.2) is 49.2 Å². The predicted octanol–water partition coefficient (Wildman–Crippen LogP) is 4.24. The molecule has 7 nitrogen and oxygen atoms in total. The van der Waals surface area contributed by atoms with Crippen molar-refractivity contribution in [3.8, 4) is 11.8 Å². The standard InChI is InChI=1S/C24H28N6O/c1-3-6-20-23(28-18-7-5-13-26-16-18)21(15-25)22-12-14-27-30(22)24(20)29-17-8-10-19(11-9-17)31-4-2/h3,8-12,14,18,26,28-29H,1,4-7,13,16H2,2H3/t18-/m0/s1. The second-order valence-corrected chi connectivity index (χ2v) is 7.58. The van der Waals surface area contributed by atoms with Gasteiger partial charge in [0.25, 0.3) is 0 Å². The zero-order valence-electron chi connectivity index (χ0n) is 17.8. The smallest absolute Gasteiger partial charge is 0.138 e. The molecule has 2 aromatic heterocycles. The first-order chi connectivity index (χ1) is 15.2. The van der Waals surface area contributed by atoms with Gasteiger partial charge in [0.05, 0.1) is 24.0 Å². The number of anilines is 3. The van der Waals surface area contributed by atoms with E-state index in [1.54, 1.807) is 10.7 Å². The van der Waals surface area contributed by atoms with Gasteiger partial charge in [-0.1, -0.05) is 6.08 Å². The normalized spacial score (nSPS) is 15.9. The van der Waals surface area contributed by atoms with Gasteiger partial charge in [-0.05, 0) is 63.1 Å². The van der Waals surface area contributed by atoms with Crippen LogP contribution in [0.5, 0.6) is 5.75 Å². The molecular weight excluding hydrogens is 388 g/mol. The fourth-order valence-electron chi connectivity index (χ4n) is 4.06. The number of nitriles is 1. The first-order valence-electron chi connectivity index (χ1n) is 10.8. The van der Waals surface area contributed by atoms with Crippen LogP contribution in [0.4, 0.5) is 17.2 Å². The molecule has 1 fully saturated rings. The summed E-state index contributed by atoms with van der Waals surface area (Å²) < 4.78 is 7.36. The van der Waals surface area contributed by atoms with Crippen molar-refractivity contribution < 1.29 is 4.74 Å². The average Bonchev–Trinajstić information content (AvgIpc) is 3.28. The summed E-state index contributed by atoms with van der Waals surface area (Å²) in [5.74, 6) is 1.66. The van der Waals surface area contributed by atoms with Gasteiger partial charge in [-0.15, -0.1) is 6.58 Å². The molecule has 7 heteroatoms. The van der Waals surface area contributed by atoms with Crippen LogP contribution >= 0.6 is 0 Å². The zero-order chi connectivity index (χ0) is 21.6. The van der Waals surface area contributed by atoms with Crippen LogP contribution in [0.2, 0.25) is 0 Å². The molecule has 0 spiro atoms. The topological polar surface area (TPSA) is 86.4 Å². The largest absolute Gasteiger partial charge is 0.494 e. The highest BCUT2D eigenvalue weighted by atomic mass is 16.5. The number of nitrogens with zero attached hydrogens (tertiary/aromatic N) is 3. The van der Waals surface area contributed by atoms with Crippen LogP contribution in [0.3, 0.4) is 0 Å². The van der Waals surface area contributed by atoms with Crippen molar-refractivity contribution in [3.63, 3.8) is 0 Å². The van der Waals surface area contributed by atoms with Gasteiger partial charge in [-0.2, -0.15) is 10.4 Å². The van der Waals surface area contributed by atoms with Gasteiger partial charge in [-0.3, -0.25) is 0 Å². The van der Waals surface area contributed by atoms with Crippen molar-refractivity contribution in [2.45, 2.75) is 32.2 Å². The Morgan fingerprint density at radius 2 is 2.19 bits per heavy atom. The Hall–Kier alpha value is -3.50. The molecule has 0 aliphatic carbocycles. The summed E-state index contributed by atoms with van der Waals surface area (Å²) in [4.78, 5) is 0. The van der Waals surface area contributed by atoms with Gasteiger partial charge in [0.1, 0.15) is 23.2 Å². The summed E-state index contributed by atoms with van der Waals surface area (Å²) in [6, 6.07) is 12.4. The Morgan fingerprint density at radius 3 is 2.87 bits per heavy atom. The number of hydrogen-bond donors (Lipinski definition) is 3. The molecule has 0 radical (unpaired) electrons. The van der Waals surface area contributed by atoms with Crippen molar-refractivity contribution in [3.05, 3.63) is 60.3 Å². The maximum Gasteiger partial charge on any atom is 0.138 e. The van der Waals surface area contributed by atoms with E-state index in [1.807, 2.05) is 43.3 Å². The molecule has 1 aliphatic heterocycles. The van der Waals surface area contributed by atoms with Crippen LogP contribution in [0.1, 0.15) is 30.9 Å². The number of pyridine rings is 1. The molecule has 0 saturated carbocycles. The van der Waals surface area contributed by atoms with Crippen LogP contribution in [0.25, 0.3) is 5.52 Å². The summed E-state index contributed by atoms with van der Waals surface area (Å²) >= 11 is 0. The van der Waals surface area contributed by atoms with E-state index in [9.17, 15) is 5.26 Å². The third-order valence-corrected chi connectivity index (χ3v) is 5.48. The maximum absolute atomic E-state index is 10.0. The van der Waals surface area contributed by atoms with E-state index in [2.05, 4.69) is 33.7 Å². The van der Waals surface area contributed by atoms with E-state index in [0.717, 1.165) is 60.0 Å². The SMILES string of the molecule is C=CCc1c(N[C@H]2CCCNC2)c(C#N)c2ccnn2c1Nc1ccc(OCC)cc1. The van der Waals surface area contributed by atoms with Crippen LogP contribution in [-0.4, -0.2) is 35.4 Å². The second-order valence-electron chi connectivity index (χ2n) is 7.58. The van der Waals surface area contributed by atoms with Crippen molar-refractivity contribution in [1.29, 1.82) is 5.26 Å². The van der Waals surface area contributed by atoms with Gasteiger partial charge in [0.15, 0.2) is 0 Å². The highest BCUT2D eigenvalue weighted by Gasteiger charge is 2.23. The fraction of sp³-hybridized carbons (Fsp3) is 0.333. The van der Waals surface area contributed by atoms with Gasteiger partial charge in [0, 0.05) is 23.8 Å². The number of aromatic nitrogens is 2. The lowest BCUT2D eigenvalue weighted by Crippen LogP contribution is -2.39. The molecule has 160 valence electrons. The number of ether oxygens (including phenoxy) is 1. The first-order valence-corrected chi connectivity index (χ1v) is 10.8.